The molecular weight excluding hydrogens is 209 g/mol. The minimum atomic E-state index is -4.47. The monoisotopic (exact) mass is 216 g/mol. The van der Waals surface area contributed by atoms with E-state index in [0.29, 0.717) is 5.52 Å². The smallest absolute Gasteiger partial charge is 0.392 e. The van der Waals surface area contributed by atoms with Crippen molar-refractivity contribution < 1.29 is 18.3 Å². The fraction of sp³-hybridized carbons (Fsp3) is 0.222. The summed E-state index contributed by atoms with van der Waals surface area (Å²) in [5.41, 5.74) is -0.282. The van der Waals surface area contributed by atoms with E-state index in [1.807, 2.05) is 0 Å². The minimum absolute atomic E-state index is 0.153. The molecule has 2 rings (SSSR count). The second kappa shape index (κ2) is 3.23. The first kappa shape index (κ1) is 9.97. The number of alkyl halides is 3. The number of aliphatic hydroxyl groups excluding tert-OH is 1. The summed E-state index contributed by atoms with van der Waals surface area (Å²) in [5, 5.41) is 8.84. The van der Waals surface area contributed by atoms with Crippen LogP contribution in [0, 0.1) is 0 Å². The van der Waals surface area contributed by atoms with Gasteiger partial charge in [0.25, 0.3) is 0 Å². The molecule has 0 aliphatic rings. The fourth-order valence-electron chi connectivity index (χ4n) is 1.42. The molecule has 0 saturated heterocycles. The molecule has 0 aliphatic heterocycles. The number of H-pyrrole nitrogens is 1. The van der Waals surface area contributed by atoms with Crippen LogP contribution in [-0.4, -0.2) is 15.1 Å². The number of hydrogen-bond acceptors (Lipinski definition) is 2. The van der Waals surface area contributed by atoms with Crippen molar-refractivity contribution in [3.05, 3.63) is 29.6 Å². The maximum absolute atomic E-state index is 12.5. The number of fused-ring (bicyclic) bond motifs is 1. The van der Waals surface area contributed by atoms with E-state index in [0.717, 1.165) is 6.07 Å². The van der Waals surface area contributed by atoms with Crippen LogP contribution in [0.3, 0.4) is 0 Å². The molecule has 0 fully saturated rings. The quantitative estimate of drug-likeness (QED) is 0.766. The van der Waals surface area contributed by atoms with Gasteiger partial charge in [-0.25, -0.2) is 4.98 Å². The molecule has 0 atom stereocenters. The van der Waals surface area contributed by atoms with Crippen molar-refractivity contribution in [3.8, 4) is 0 Å². The van der Waals surface area contributed by atoms with E-state index in [1.54, 1.807) is 0 Å². The first-order chi connectivity index (χ1) is 7.02. The van der Waals surface area contributed by atoms with Crippen LogP contribution in [-0.2, 0) is 12.8 Å². The first-order valence-corrected chi connectivity index (χ1v) is 4.16. The number of imidazole rings is 1. The Morgan fingerprint density at radius 3 is 2.67 bits per heavy atom. The summed E-state index contributed by atoms with van der Waals surface area (Å²) >= 11 is 0. The number of benzene rings is 1. The summed E-state index contributed by atoms with van der Waals surface area (Å²) in [6.45, 7) is -0.649. The standard InChI is InChI=1S/C9H7F3N2O/c10-9(11,12)6-2-8-7(13-4-14-8)1-5(6)3-15/h1-2,4,15H,3H2,(H,13,14). The van der Waals surface area contributed by atoms with Gasteiger partial charge in [0.2, 0.25) is 0 Å². The Kier molecular flexibility index (Phi) is 2.15. The third kappa shape index (κ3) is 1.68. The van der Waals surface area contributed by atoms with Gasteiger partial charge in [-0.15, -0.1) is 0 Å². The van der Waals surface area contributed by atoms with Crippen LogP contribution in [0.15, 0.2) is 18.5 Å². The van der Waals surface area contributed by atoms with Crippen molar-refractivity contribution >= 4 is 11.0 Å². The van der Waals surface area contributed by atoms with Gasteiger partial charge in [-0.05, 0) is 17.7 Å². The predicted molar refractivity (Wildman–Crippen MR) is 47.0 cm³/mol. The van der Waals surface area contributed by atoms with Crippen molar-refractivity contribution in [2.45, 2.75) is 12.8 Å². The average Bonchev–Trinajstić information content (AvgIpc) is 2.60. The van der Waals surface area contributed by atoms with Crippen LogP contribution in [0.1, 0.15) is 11.1 Å². The van der Waals surface area contributed by atoms with E-state index in [-0.39, 0.29) is 11.1 Å². The summed E-state index contributed by atoms with van der Waals surface area (Å²) in [7, 11) is 0. The first-order valence-electron chi connectivity index (χ1n) is 4.16. The van der Waals surface area contributed by atoms with Crippen LogP contribution < -0.4 is 0 Å². The molecule has 15 heavy (non-hydrogen) atoms. The molecule has 80 valence electrons. The highest BCUT2D eigenvalue weighted by molar-refractivity contribution is 5.76. The van der Waals surface area contributed by atoms with Crippen LogP contribution in [0.2, 0.25) is 0 Å². The Balaban J connectivity index is 2.70. The molecule has 1 heterocycles. The van der Waals surface area contributed by atoms with E-state index < -0.39 is 18.3 Å². The average molecular weight is 216 g/mol. The van der Waals surface area contributed by atoms with Gasteiger partial charge in [-0.2, -0.15) is 13.2 Å². The van der Waals surface area contributed by atoms with Crippen LogP contribution in [0.5, 0.6) is 0 Å². The predicted octanol–water partition coefficient (Wildman–Crippen LogP) is 2.07. The van der Waals surface area contributed by atoms with Gasteiger partial charge in [-0.3, -0.25) is 0 Å². The third-order valence-corrected chi connectivity index (χ3v) is 2.12. The number of rotatable bonds is 1. The van der Waals surface area contributed by atoms with Crippen molar-refractivity contribution in [2.24, 2.45) is 0 Å². The molecule has 0 spiro atoms. The molecule has 0 unspecified atom stereocenters. The van der Waals surface area contributed by atoms with E-state index in [9.17, 15) is 13.2 Å². The second-order valence-corrected chi connectivity index (χ2v) is 3.08. The molecule has 2 aromatic rings. The summed E-state index contributed by atoms with van der Waals surface area (Å²) < 4.78 is 37.6. The zero-order valence-electron chi connectivity index (χ0n) is 7.47. The van der Waals surface area contributed by atoms with E-state index in [1.165, 1.54) is 12.4 Å². The molecule has 3 nitrogen and oxygen atoms in total. The number of nitrogens with zero attached hydrogens (tertiary/aromatic N) is 1. The lowest BCUT2D eigenvalue weighted by Gasteiger charge is -2.10. The maximum Gasteiger partial charge on any atom is 0.416 e. The van der Waals surface area contributed by atoms with Gasteiger partial charge in [0, 0.05) is 0 Å². The molecule has 1 aromatic heterocycles. The lowest BCUT2D eigenvalue weighted by Crippen LogP contribution is -2.09. The number of halogens is 3. The summed E-state index contributed by atoms with van der Waals surface area (Å²) in [5.74, 6) is 0. The maximum atomic E-state index is 12.5. The topological polar surface area (TPSA) is 48.9 Å². The van der Waals surface area contributed by atoms with Gasteiger partial charge in [0.15, 0.2) is 0 Å². The summed E-state index contributed by atoms with van der Waals surface area (Å²) in [6.07, 6.45) is -3.16. The van der Waals surface area contributed by atoms with E-state index >= 15 is 0 Å². The van der Waals surface area contributed by atoms with E-state index in [4.69, 9.17) is 5.11 Å². The molecule has 1 aromatic carbocycles. The number of aliphatic hydroxyl groups is 1. The Morgan fingerprint density at radius 1 is 1.33 bits per heavy atom. The van der Waals surface area contributed by atoms with Gasteiger partial charge in [0.1, 0.15) is 0 Å². The second-order valence-electron chi connectivity index (χ2n) is 3.08. The van der Waals surface area contributed by atoms with Crippen molar-refractivity contribution in [2.75, 3.05) is 0 Å². The zero-order chi connectivity index (χ0) is 11.1. The lowest BCUT2D eigenvalue weighted by atomic mass is 10.1. The summed E-state index contributed by atoms with van der Waals surface area (Å²) in [6, 6.07) is 2.18. The highest BCUT2D eigenvalue weighted by atomic mass is 19.4. The van der Waals surface area contributed by atoms with Crippen LogP contribution in [0.4, 0.5) is 13.2 Å². The number of hydrogen-bond donors (Lipinski definition) is 2. The third-order valence-electron chi connectivity index (χ3n) is 2.12. The largest absolute Gasteiger partial charge is 0.416 e. The number of aromatic nitrogens is 2. The lowest BCUT2D eigenvalue weighted by molar-refractivity contribution is -0.138. The van der Waals surface area contributed by atoms with Crippen molar-refractivity contribution in [1.82, 2.24) is 9.97 Å². The van der Waals surface area contributed by atoms with Crippen molar-refractivity contribution in [3.63, 3.8) is 0 Å². The molecule has 6 heteroatoms. The van der Waals surface area contributed by atoms with Crippen molar-refractivity contribution in [1.29, 1.82) is 0 Å². The van der Waals surface area contributed by atoms with Gasteiger partial charge < -0.3 is 10.1 Å². The Morgan fingerprint density at radius 2 is 2.07 bits per heavy atom. The SMILES string of the molecule is OCc1cc2[nH]cnc2cc1C(F)(F)F. The number of nitrogens with one attached hydrogen (secondary N) is 1. The van der Waals surface area contributed by atoms with Crippen LogP contribution >= 0.6 is 0 Å². The Bertz CT molecular complexity index is 490. The highest BCUT2D eigenvalue weighted by Gasteiger charge is 2.33. The van der Waals surface area contributed by atoms with Crippen LogP contribution in [0.25, 0.3) is 11.0 Å². The minimum Gasteiger partial charge on any atom is -0.392 e. The highest BCUT2D eigenvalue weighted by Crippen LogP contribution is 2.33. The molecular formula is C9H7F3N2O. The number of aromatic amines is 1. The molecule has 0 radical (unpaired) electrons. The summed E-state index contributed by atoms with van der Waals surface area (Å²) in [4.78, 5) is 6.41. The normalized spacial score (nSPS) is 12.3. The molecule has 2 N–H and O–H groups in total. The van der Waals surface area contributed by atoms with E-state index in [2.05, 4.69) is 9.97 Å². The van der Waals surface area contributed by atoms with Gasteiger partial charge in [0.05, 0.1) is 29.5 Å². The molecule has 0 amide bonds. The molecule has 0 aliphatic carbocycles. The Hall–Kier alpha value is -1.56. The zero-order valence-corrected chi connectivity index (χ0v) is 7.47. The van der Waals surface area contributed by atoms with Gasteiger partial charge >= 0.3 is 6.18 Å². The fourth-order valence-corrected chi connectivity index (χ4v) is 1.42. The Labute approximate surface area is 82.6 Å². The van der Waals surface area contributed by atoms with Gasteiger partial charge in [-0.1, -0.05) is 0 Å². The molecule has 0 saturated carbocycles. The molecule has 0 bridgehead atoms.